The highest BCUT2D eigenvalue weighted by atomic mass is 16.5. The number of esters is 1. The largest absolute Gasteiger partial charge is 0.504 e. The number of rotatable bonds is 2. The number of hydrogen-bond donors (Lipinski definition) is 1. The molecular formula is C15H14O3. The van der Waals surface area contributed by atoms with Crippen LogP contribution < -0.4 is 4.74 Å². The first-order chi connectivity index (χ1) is 8.59. The molecule has 18 heavy (non-hydrogen) atoms. The summed E-state index contributed by atoms with van der Waals surface area (Å²) in [6.07, 6.45) is 0. The van der Waals surface area contributed by atoms with E-state index in [1.807, 2.05) is 36.4 Å². The Labute approximate surface area is 106 Å². The second-order valence-electron chi connectivity index (χ2n) is 4.04. The molecule has 3 heteroatoms. The standard InChI is InChI=1S/C15H14O3/c1-10-13(12-6-4-3-5-7-12)8-9-14(15(10)17)18-11(2)16/h3-9,17H,1-2H3. The average Bonchev–Trinajstić information content (AvgIpc) is 2.36. The van der Waals surface area contributed by atoms with Crippen LogP contribution in [0, 0.1) is 6.92 Å². The Hall–Kier alpha value is -2.29. The Morgan fingerprint density at radius 3 is 2.39 bits per heavy atom. The molecule has 0 unspecified atom stereocenters. The van der Waals surface area contributed by atoms with Gasteiger partial charge in [-0.05, 0) is 24.1 Å². The molecule has 3 nitrogen and oxygen atoms in total. The second-order valence-corrected chi connectivity index (χ2v) is 4.04. The molecule has 0 aliphatic carbocycles. The maximum atomic E-state index is 10.9. The highest BCUT2D eigenvalue weighted by molar-refractivity contribution is 5.75. The van der Waals surface area contributed by atoms with Crippen molar-refractivity contribution in [1.29, 1.82) is 0 Å². The number of benzene rings is 2. The Morgan fingerprint density at radius 2 is 1.78 bits per heavy atom. The molecule has 0 heterocycles. The van der Waals surface area contributed by atoms with Gasteiger partial charge in [-0.1, -0.05) is 36.4 Å². The van der Waals surface area contributed by atoms with Gasteiger partial charge in [0, 0.05) is 12.5 Å². The molecule has 92 valence electrons. The lowest BCUT2D eigenvalue weighted by atomic mass is 9.99. The van der Waals surface area contributed by atoms with E-state index >= 15 is 0 Å². The van der Waals surface area contributed by atoms with Crippen molar-refractivity contribution in [2.24, 2.45) is 0 Å². The smallest absolute Gasteiger partial charge is 0.308 e. The summed E-state index contributed by atoms with van der Waals surface area (Å²) in [5.41, 5.74) is 2.63. The summed E-state index contributed by atoms with van der Waals surface area (Å²) in [6, 6.07) is 13.2. The van der Waals surface area contributed by atoms with Gasteiger partial charge in [-0.3, -0.25) is 4.79 Å². The third-order valence-corrected chi connectivity index (χ3v) is 2.73. The second kappa shape index (κ2) is 4.92. The van der Waals surface area contributed by atoms with Gasteiger partial charge in [0.2, 0.25) is 0 Å². The van der Waals surface area contributed by atoms with Gasteiger partial charge in [0.15, 0.2) is 11.5 Å². The molecule has 0 aliphatic rings. The fraction of sp³-hybridized carbons (Fsp3) is 0.133. The van der Waals surface area contributed by atoms with Crippen LogP contribution in [0.2, 0.25) is 0 Å². The predicted molar refractivity (Wildman–Crippen MR) is 69.6 cm³/mol. The highest BCUT2D eigenvalue weighted by Crippen LogP contribution is 2.36. The molecule has 0 bridgehead atoms. The van der Waals surface area contributed by atoms with E-state index in [4.69, 9.17) is 4.74 Å². The molecule has 0 saturated carbocycles. The first kappa shape index (κ1) is 12.2. The highest BCUT2D eigenvalue weighted by Gasteiger charge is 2.12. The fourth-order valence-electron chi connectivity index (χ4n) is 1.84. The summed E-state index contributed by atoms with van der Waals surface area (Å²) in [4.78, 5) is 10.9. The van der Waals surface area contributed by atoms with Gasteiger partial charge in [0.1, 0.15) is 0 Å². The zero-order valence-corrected chi connectivity index (χ0v) is 10.3. The van der Waals surface area contributed by atoms with Crippen molar-refractivity contribution in [2.75, 3.05) is 0 Å². The van der Waals surface area contributed by atoms with Gasteiger partial charge in [-0.2, -0.15) is 0 Å². The van der Waals surface area contributed by atoms with Crippen LogP contribution in [0.25, 0.3) is 11.1 Å². The van der Waals surface area contributed by atoms with E-state index in [1.54, 1.807) is 13.0 Å². The van der Waals surface area contributed by atoms with Gasteiger partial charge in [-0.15, -0.1) is 0 Å². The van der Waals surface area contributed by atoms with E-state index in [1.165, 1.54) is 6.92 Å². The van der Waals surface area contributed by atoms with Crippen LogP contribution in [0.4, 0.5) is 0 Å². The summed E-state index contributed by atoms with van der Waals surface area (Å²) in [5.74, 6) is -0.247. The molecule has 0 aliphatic heterocycles. The maximum absolute atomic E-state index is 10.9. The summed E-state index contributed by atoms with van der Waals surface area (Å²) in [6.45, 7) is 3.10. The third kappa shape index (κ3) is 2.35. The molecule has 1 N–H and O–H groups in total. The first-order valence-electron chi connectivity index (χ1n) is 5.66. The molecular weight excluding hydrogens is 228 g/mol. The van der Waals surface area contributed by atoms with Crippen molar-refractivity contribution in [3.8, 4) is 22.6 Å². The van der Waals surface area contributed by atoms with E-state index in [2.05, 4.69) is 0 Å². The quantitative estimate of drug-likeness (QED) is 0.649. The molecule has 2 rings (SSSR count). The van der Waals surface area contributed by atoms with E-state index in [9.17, 15) is 9.90 Å². The van der Waals surface area contributed by atoms with E-state index in [0.717, 1.165) is 11.1 Å². The summed E-state index contributed by atoms with van der Waals surface area (Å²) in [5, 5.41) is 10.0. The van der Waals surface area contributed by atoms with Crippen LogP contribution in [0.15, 0.2) is 42.5 Å². The monoisotopic (exact) mass is 242 g/mol. The SMILES string of the molecule is CC(=O)Oc1ccc(-c2ccccc2)c(C)c1O. The van der Waals surface area contributed by atoms with Crippen LogP contribution in [0.3, 0.4) is 0 Å². The van der Waals surface area contributed by atoms with Crippen LogP contribution in [-0.2, 0) is 4.79 Å². The van der Waals surface area contributed by atoms with Crippen LogP contribution >= 0.6 is 0 Å². The van der Waals surface area contributed by atoms with Crippen molar-refractivity contribution in [3.63, 3.8) is 0 Å². The Bertz CT molecular complexity index is 574. The Balaban J connectivity index is 2.47. The van der Waals surface area contributed by atoms with Crippen molar-refractivity contribution in [1.82, 2.24) is 0 Å². The fourth-order valence-corrected chi connectivity index (χ4v) is 1.84. The summed E-state index contributed by atoms with van der Waals surface area (Å²) >= 11 is 0. The minimum Gasteiger partial charge on any atom is -0.504 e. The van der Waals surface area contributed by atoms with Crippen LogP contribution in [-0.4, -0.2) is 11.1 Å². The normalized spacial score (nSPS) is 10.1. The van der Waals surface area contributed by atoms with Gasteiger partial charge in [-0.25, -0.2) is 0 Å². The number of hydrogen-bond acceptors (Lipinski definition) is 3. The zero-order valence-electron chi connectivity index (χ0n) is 10.3. The van der Waals surface area contributed by atoms with Crippen molar-refractivity contribution < 1.29 is 14.6 Å². The summed E-state index contributed by atoms with van der Waals surface area (Å²) in [7, 11) is 0. The Kier molecular flexibility index (Phi) is 3.33. The third-order valence-electron chi connectivity index (χ3n) is 2.73. The number of carbonyl (C=O) groups is 1. The average molecular weight is 242 g/mol. The lowest BCUT2D eigenvalue weighted by molar-refractivity contribution is -0.132. The van der Waals surface area contributed by atoms with Crippen molar-refractivity contribution in [3.05, 3.63) is 48.0 Å². The zero-order chi connectivity index (χ0) is 13.1. The number of ether oxygens (including phenoxy) is 1. The molecule has 0 amide bonds. The number of phenolic OH excluding ortho intramolecular Hbond substituents is 1. The molecule has 0 fully saturated rings. The van der Waals surface area contributed by atoms with Crippen LogP contribution in [0.1, 0.15) is 12.5 Å². The topological polar surface area (TPSA) is 46.5 Å². The number of aromatic hydroxyl groups is 1. The molecule has 0 spiro atoms. The molecule has 0 saturated heterocycles. The number of phenols is 1. The Morgan fingerprint density at radius 1 is 1.11 bits per heavy atom. The van der Waals surface area contributed by atoms with Gasteiger partial charge >= 0.3 is 5.97 Å². The predicted octanol–water partition coefficient (Wildman–Crippen LogP) is 3.29. The lowest BCUT2D eigenvalue weighted by Crippen LogP contribution is -2.02. The molecule has 0 radical (unpaired) electrons. The van der Waals surface area contributed by atoms with Gasteiger partial charge < -0.3 is 9.84 Å². The lowest BCUT2D eigenvalue weighted by Gasteiger charge is -2.11. The van der Waals surface area contributed by atoms with E-state index < -0.39 is 5.97 Å². The molecule has 2 aromatic rings. The maximum Gasteiger partial charge on any atom is 0.308 e. The van der Waals surface area contributed by atoms with Gasteiger partial charge in [0.25, 0.3) is 0 Å². The van der Waals surface area contributed by atoms with E-state index in [0.29, 0.717) is 5.56 Å². The van der Waals surface area contributed by atoms with Crippen molar-refractivity contribution in [2.45, 2.75) is 13.8 Å². The van der Waals surface area contributed by atoms with Gasteiger partial charge in [0.05, 0.1) is 0 Å². The summed E-state index contributed by atoms with van der Waals surface area (Å²) < 4.78 is 4.93. The van der Waals surface area contributed by atoms with Crippen molar-refractivity contribution >= 4 is 5.97 Å². The van der Waals surface area contributed by atoms with E-state index in [-0.39, 0.29) is 11.5 Å². The molecule has 2 aromatic carbocycles. The molecule has 0 atom stereocenters. The molecule has 0 aromatic heterocycles. The minimum absolute atomic E-state index is 0.00607. The first-order valence-corrected chi connectivity index (χ1v) is 5.66. The minimum atomic E-state index is -0.447. The number of carbonyl (C=O) groups excluding carboxylic acids is 1. The van der Waals surface area contributed by atoms with Crippen LogP contribution in [0.5, 0.6) is 11.5 Å².